The van der Waals surface area contributed by atoms with Crippen molar-refractivity contribution in [1.29, 1.82) is 0 Å². The molecule has 2 aromatic heterocycles. The van der Waals surface area contributed by atoms with Crippen LogP contribution in [0.4, 0.5) is 19.2 Å². The van der Waals surface area contributed by atoms with Gasteiger partial charge in [-0.3, -0.25) is 4.79 Å². The topological polar surface area (TPSA) is 71.5 Å². The van der Waals surface area contributed by atoms with E-state index in [0.29, 0.717) is 34.0 Å². The summed E-state index contributed by atoms with van der Waals surface area (Å²) in [5.41, 5.74) is 1.38. The zero-order valence-corrected chi connectivity index (χ0v) is 16.3. The SMILES string of the molecule is O=C(NC1CC2CN(c3nc4cc(Cl)ccc4o3)CC2C1)c1ccc(C(F)(F)F)o1. The number of halogens is 4. The van der Waals surface area contributed by atoms with Gasteiger partial charge in [0.05, 0.1) is 0 Å². The molecule has 1 saturated heterocycles. The van der Waals surface area contributed by atoms with Crippen molar-refractivity contribution < 1.29 is 26.8 Å². The molecule has 1 aromatic carbocycles. The Balaban J connectivity index is 1.20. The number of alkyl halides is 3. The first-order valence-corrected chi connectivity index (χ1v) is 9.93. The third-order valence-electron chi connectivity index (χ3n) is 5.80. The molecular formula is C20H17ClF3N3O3. The maximum absolute atomic E-state index is 12.6. The number of fused-ring (bicyclic) bond motifs is 2. The molecule has 0 radical (unpaired) electrons. The van der Waals surface area contributed by atoms with Gasteiger partial charge in [0.25, 0.3) is 11.9 Å². The van der Waals surface area contributed by atoms with Crippen molar-refractivity contribution in [3.8, 4) is 0 Å². The van der Waals surface area contributed by atoms with Gasteiger partial charge in [-0.1, -0.05) is 11.6 Å². The summed E-state index contributed by atoms with van der Waals surface area (Å²) < 4.78 is 48.4. The van der Waals surface area contributed by atoms with Crippen LogP contribution in [0.2, 0.25) is 5.02 Å². The highest BCUT2D eigenvalue weighted by molar-refractivity contribution is 6.31. The van der Waals surface area contributed by atoms with E-state index in [4.69, 9.17) is 16.0 Å². The van der Waals surface area contributed by atoms with E-state index in [0.717, 1.165) is 38.1 Å². The van der Waals surface area contributed by atoms with E-state index >= 15 is 0 Å². The summed E-state index contributed by atoms with van der Waals surface area (Å²) in [6, 6.07) is 7.56. The van der Waals surface area contributed by atoms with Gasteiger partial charge < -0.3 is 19.1 Å². The molecule has 1 saturated carbocycles. The Morgan fingerprint density at radius 1 is 1.13 bits per heavy atom. The molecule has 2 aliphatic rings. The number of hydrogen-bond donors (Lipinski definition) is 1. The lowest BCUT2D eigenvalue weighted by Gasteiger charge is -2.17. The molecule has 10 heteroatoms. The van der Waals surface area contributed by atoms with Crippen LogP contribution in [0.3, 0.4) is 0 Å². The minimum absolute atomic E-state index is 0.100. The second kappa shape index (κ2) is 6.94. The van der Waals surface area contributed by atoms with Crippen molar-refractivity contribution in [1.82, 2.24) is 10.3 Å². The van der Waals surface area contributed by atoms with E-state index < -0.39 is 17.8 Å². The molecule has 30 heavy (non-hydrogen) atoms. The van der Waals surface area contributed by atoms with Crippen molar-refractivity contribution in [2.45, 2.75) is 25.1 Å². The number of aromatic nitrogens is 1. The van der Waals surface area contributed by atoms with E-state index in [1.54, 1.807) is 18.2 Å². The number of oxazole rings is 1. The van der Waals surface area contributed by atoms with Crippen LogP contribution in [0.15, 0.2) is 39.2 Å². The summed E-state index contributed by atoms with van der Waals surface area (Å²) >= 11 is 6.00. The highest BCUT2D eigenvalue weighted by atomic mass is 35.5. The lowest BCUT2D eigenvalue weighted by Crippen LogP contribution is -2.34. The zero-order chi connectivity index (χ0) is 21.0. The predicted octanol–water partition coefficient (Wildman–Crippen LogP) is 4.74. The van der Waals surface area contributed by atoms with Gasteiger partial charge >= 0.3 is 6.18 Å². The fourth-order valence-electron chi connectivity index (χ4n) is 4.47. The van der Waals surface area contributed by atoms with Crippen molar-refractivity contribution >= 4 is 34.6 Å². The Morgan fingerprint density at radius 3 is 2.53 bits per heavy atom. The Bertz CT molecular complexity index is 1100. The Hall–Kier alpha value is -2.68. The first-order chi connectivity index (χ1) is 14.3. The van der Waals surface area contributed by atoms with E-state index in [1.165, 1.54) is 0 Å². The molecule has 6 nitrogen and oxygen atoms in total. The van der Waals surface area contributed by atoms with Gasteiger partial charge in [-0.25, -0.2) is 0 Å². The average molecular weight is 440 g/mol. The van der Waals surface area contributed by atoms with Crippen LogP contribution >= 0.6 is 11.6 Å². The van der Waals surface area contributed by atoms with Gasteiger partial charge in [0, 0.05) is 24.2 Å². The second-order valence-electron chi connectivity index (χ2n) is 7.84. The molecular weight excluding hydrogens is 423 g/mol. The third kappa shape index (κ3) is 3.51. The molecule has 1 aliphatic heterocycles. The van der Waals surface area contributed by atoms with E-state index in [1.807, 2.05) is 0 Å². The molecule has 3 aromatic rings. The van der Waals surface area contributed by atoms with Gasteiger partial charge in [0.15, 0.2) is 11.3 Å². The summed E-state index contributed by atoms with van der Waals surface area (Å²) in [7, 11) is 0. The highest BCUT2D eigenvalue weighted by Crippen LogP contribution is 2.40. The summed E-state index contributed by atoms with van der Waals surface area (Å²) in [6.07, 6.45) is -3.13. The normalized spacial score (nSPS) is 23.9. The zero-order valence-electron chi connectivity index (χ0n) is 15.6. The van der Waals surface area contributed by atoms with E-state index in [2.05, 4.69) is 19.6 Å². The van der Waals surface area contributed by atoms with Crippen LogP contribution in [0.1, 0.15) is 29.2 Å². The number of furan rings is 1. The molecule has 5 rings (SSSR count). The number of benzene rings is 1. The van der Waals surface area contributed by atoms with Crippen LogP contribution in [0.25, 0.3) is 11.1 Å². The molecule has 158 valence electrons. The van der Waals surface area contributed by atoms with Gasteiger partial charge in [-0.15, -0.1) is 0 Å². The Labute approximate surface area is 174 Å². The Morgan fingerprint density at radius 2 is 1.87 bits per heavy atom. The quantitative estimate of drug-likeness (QED) is 0.638. The Kier molecular flexibility index (Phi) is 4.46. The molecule has 0 bridgehead atoms. The number of rotatable bonds is 3. The maximum atomic E-state index is 12.6. The van der Waals surface area contributed by atoms with Crippen molar-refractivity contribution in [2.75, 3.05) is 18.0 Å². The number of nitrogens with zero attached hydrogens (tertiary/aromatic N) is 2. The maximum Gasteiger partial charge on any atom is 0.449 e. The minimum atomic E-state index is -4.61. The van der Waals surface area contributed by atoms with Gasteiger partial charge in [-0.05, 0) is 55.0 Å². The average Bonchev–Trinajstić information content (AvgIpc) is 3.42. The number of amides is 1. The van der Waals surface area contributed by atoms with Crippen LogP contribution < -0.4 is 10.2 Å². The molecule has 2 unspecified atom stereocenters. The molecule has 3 heterocycles. The van der Waals surface area contributed by atoms with E-state index in [-0.39, 0.29) is 11.8 Å². The van der Waals surface area contributed by atoms with Crippen molar-refractivity contribution in [2.24, 2.45) is 11.8 Å². The summed E-state index contributed by atoms with van der Waals surface area (Å²) in [4.78, 5) is 18.9. The summed E-state index contributed by atoms with van der Waals surface area (Å²) in [5.74, 6) is -1.44. The van der Waals surface area contributed by atoms with Crippen LogP contribution in [0, 0.1) is 11.8 Å². The van der Waals surface area contributed by atoms with Gasteiger partial charge in [-0.2, -0.15) is 18.2 Å². The lowest BCUT2D eigenvalue weighted by molar-refractivity contribution is -0.153. The lowest BCUT2D eigenvalue weighted by atomic mass is 10.0. The second-order valence-corrected chi connectivity index (χ2v) is 8.27. The largest absolute Gasteiger partial charge is 0.449 e. The first kappa shape index (κ1) is 19.3. The molecule has 2 atom stereocenters. The highest BCUT2D eigenvalue weighted by Gasteiger charge is 2.43. The van der Waals surface area contributed by atoms with Crippen LogP contribution in [0.5, 0.6) is 0 Å². The molecule has 1 aliphatic carbocycles. The minimum Gasteiger partial charge on any atom is -0.446 e. The van der Waals surface area contributed by atoms with Crippen LogP contribution in [-0.2, 0) is 6.18 Å². The number of carbonyl (C=O) groups is 1. The molecule has 1 N–H and O–H groups in total. The summed E-state index contributed by atoms with van der Waals surface area (Å²) in [5, 5.41) is 3.39. The number of carbonyl (C=O) groups excluding carboxylic acids is 1. The fraction of sp³-hybridized carbons (Fsp3) is 0.400. The first-order valence-electron chi connectivity index (χ1n) is 9.55. The number of anilines is 1. The van der Waals surface area contributed by atoms with E-state index in [9.17, 15) is 18.0 Å². The van der Waals surface area contributed by atoms with Gasteiger partial charge in [0.1, 0.15) is 5.52 Å². The van der Waals surface area contributed by atoms with Crippen molar-refractivity contribution in [3.05, 3.63) is 46.9 Å². The van der Waals surface area contributed by atoms with Crippen LogP contribution in [-0.4, -0.2) is 30.0 Å². The smallest absolute Gasteiger partial charge is 0.446 e. The monoisotopic (exact) mass is 439 g/mol. The van der Waals surface area contributed by atoms with Crippen molar-refractivity contribution in [3.63, 3.8) is 0 Å². The number of hydrogen-bond acceptors (Lipinski definition) is 5. The molecule has 2 fully saturated rings. The molecule has 0 spiro atoms. The van der Waals surface area contributed by atoms with Gasteiger partial charge in [0.2, 0.25) is 5.76 Å². The third-order valence-corrected chi connectivity index (χ3v) is 6.04. The predicted molar refractivity (Wildman–Crippen MR) is 102 cm³/mol. The fourth-order valence-corrected chi connectivity index (χ4v) is 4.63. The molecule has 1 amide bonds. The standard InChI is InChI=1S/C20H17ClF3N3O3/c21-12-1-2-15-14(7-12)26-19(30-15)27-8-10-5-13(6-11(10)9-27)25-18(28)16-3-4-17(29-16)20(22,23)24/h1-4,7,10-11,13H,5-6,8-9H2,(H,25,28). The summed E-state index contributed by atoms with van der Waals surface area (Å²) in [6.45, 7) is 1.49. The number of nitrogens with one attached hydrogen (secondary N) is 1.